The summed E-state index contributed by atoms with van der Waals surface area (Å²) in [5.41, 5.74) is 1.95. The predicted molar refractivity (Wildman–Crippen MR) is 117 cm³/mol. The van der Waals surface area contributed by atoms with Crippen molar-refractivity contribution in [3.63, 3.8) is 0 Å². The van der Waals surface area contributed by atoms with Crippen molar-refractivity contribution in [3.8, 4) is 11.5 Å². The van der Waals surface area contributed by atoms with E-state index in [0.29, 0.717) is 18.9 Å². The first-order valence-corrected chi connectivity index (χ1v) is 10.2. The third kappa shape index (κ3) is 4.71. The quantitative estimate of drug-likeness (QED) is 0.377. The van der Waals surface area contributed by atoms with Crippen molar-refractivity contribution in [2.24, 2.45) is 0 Å². The molecule has 0 fully saturated rings. The number of nitrogens with zero attached hydrogens (tertiary/aromatic N) is 3. The largest absolute Gasteiger partial charge is 0.497 e. The Balaban J connectivity index is 1.44. The number of fused-ring (bicyclic) bond motifs is 1. The number of aryl methyl sites for hydroxylation is 1. The van der Waals surface area contributed by atoms with Gasteiger partial charge in [0.15, 0.2) is 5.76 Å². The molecule has 0 saturated heterocycles. The maximum atomic E-state index is 12.6. The van der Waals surface area contributed by atoms with Crippen LogP contribution in [-0.4, -0.2) is 41.1 Å². The second-order valence-corrected chi connectivity index (χ2v) is 7.18. The molecule has 0 bridgehead atoms. The number of ether oxygens (including phenoxy) is 2. The van der Waals surface area contributed by atoms with Crippen LogP contribution in [0, 0.1) is 0 Å². The van der Waals surface area contributed by atoms with Gasteiger partial charge in [-0.05, 0) is 55.0 Å². The zero-order valence-electron chi connectivity index (χ0n) is 17.7. The van der Waals surface area contributed by atoms with Gasteiger partial charge in [-0.25, -0.2) is 4.98 Å². The molecule has 7 nitrogen and oxygen atoms in total. The van der Waals surface area contributed by atoms with Gasteiger partial charge in [-0.3, -0.25) is 4.79 Å². The molecule has 0 radical (unpaired) electrons. The summed E-state index contributed by atoms with van der Waals surface area (Å²) in [6, 6.07) is 18.9. The summed E-state index contributed by atoms with van der Waals surface area (Å²) in [6.07, 6.45) is 2.30. The molecule has 0 aliphatic heterocycles. The van der Waals surface area contributed by atoms with Crippen molar-refractivity contribution < 1.29 is 18.7 Å². The third-order valence-electron chi connectivity index (χ3n) is 5.05. The zero-order chi connectivity index (χ0) is 21.6. The summed E-state index contributed by atoms with van der Waals surface area (Å²) < 4.78 is 18.4. The van der Waals surface area contributed by atoms with Gasteiger partial charge in [0.2, 0.25) is 0 Å². The lowest BCUT2D eigenvalue weighted by molar-refractivity contribution is 0.0748. The van der Waals surface area contributed by atoms with Gasteiger partial charge < -0.3 is 23.4 Å². The fourth-order valence-electron chi connectivity index (χ4n) is 3.45. The Bertz CT molecular complexity index is 1130. The second-order valence-electron chi connectivity index (χ2n) is 7.18. The van der Waals surface area contributed by atoms with E-state index in [-0.39, 0.29) is 5.91 Å². The molecular weight excluding hydrogens is 394 g/mol. The normalized spacial score (nSPS) is 10.9. The number of carbonyl (C=O) groups is 1. The number of furan rings is 1. The number of hydrogen-bond acceptors (Lipinski definition) is 5. The van der Waals surface area contributed by atoms with Crippen LogP contribution in [0.3, 0.4) is 0 Å². The highest BCUT2D eigenvalue weighted by molar-refractivity contribution is 5.91. The van der Waals surface area contributed by atoms with E-state index in [1.165, 1.54) is 6.26 Å². The molecule has 0 atom stereocenters. The van der Waals surface area contributed by atoms with Crippen molar-refractivity contribution in [1.29, 1.82) is 0 Å². The lowest BCUT2D eigenvalue weighted by Crippen LogP contribution is -2.27. The minimum absolute atomic E-state index is 0.175. The first-order valence-electron chi connectivity index (χ1n) is 10.2. The van der Waals surface area contributed by atoms with Crippen LogP contribution >= 0.6 is 0 Å². The van der Waals surface area contributed by atoms with E-state index in [0.717, 1.165) is 41.3 Å². The van der Waals surface area contributed by atoms with Crippen molar-refractivity contribution in [2.75, 3.05) is 20.8 Å². The van der Waals surface area contributed by atoms with Gasteiger partial charge in [0.25, 0.3) is 5.91 Å². The number of hydrogen-bond donors (Lipinski definition) is 0. The first-order chi connectivity index (χ1) is 15.2. The Hall–Kier alpha value is -3.74. The molecule has 2 aromatic carbocycles. The maximum absolute atomic E-state index is 12.6. The molecule has 0 N–H and O–H groups in total. The molecule has 0 saturated carbocycles. The zero-order valence-corrected chi connectivity index (χ0v) is 17.7. The molecule has 0 aliphatic rings. The molecule has 7 heteroatoms. The summed E-state index contributed by atoms with van der Waals surface area (Å²) in [4.78, 5) is 18.9. The number of benzene rings is 2. The number of para-hydroxylation sites is 2. The highest BCUT2D eigenvalue weighted by atomic mass is 16.5. The van der Waals surface area contributed by atoms with E-state index in [4.69, 9.17) is 18.9 Å². The van der Waals surface area contributed by atoms with Gasteiger partial charge in [-0.2, -0.15) is 0 Å². The van der Waals surface area contributed by atoms with E-state index in [1.807, 2.05) is 48.5 Å². The molecular formula is C24H25N3O4. The Kier molecular flexibility index (Phi) is 6.21. The molecule has 2 aromatic heterocycles. The van der Waals surface area contributed by atoms with Gasteiger partial charge in [0.1, 0.15) is 17.3 Å². The monoisotopic (exact) mass is 419 g/mol. The average Bonchev–Trinajstić information content (AvgIpc) is 3.45. The lowest BCUT2D eigenvalue weighted by atomic mass is 10.3. The maximum Gasteiger partial charge on any atom is 0.289 e. The number of imidazole rings is 1. The van der Waals surface area contributed by atoms with Gasteiger partial charge in [0.05, 0.1) is 37.6 Å². The fraction of sp³-hybridized carbons (Fsp3) is 0.250. The molecule has 160 valence electrons. The summed E-state index contributed by atoms with van der Waals surface area (Å²) in [5, 5.41) is 0. The van der Waals surface area contributed by atoms with E-state index in [2.05, 4.69) is 4.57 Å². The van der Waals surface area contributed by atoms with Crippen molar-refractivity contribution in [2.45, 2.75) is 19.5 Å². The van der Waals surface area contributed by atoms with Crippen molar-refractivity contribution >= 4 is 16.9 Å². The number of methoxy groups -OCH3 is 1. The van der Waals surface area contributed by atoms with Gasteiger partial charge >= 0.3 is 0 Å². The number of amides is 1. The number of rotatable bonds is 9. The molecule has 0 spiro atoms. The summed E-state index contributed by atoms with van der Waals surface area (Å²) in [7, 11) is 3.39. The van der Waals surface area contributed by atoms with E-state index >= 15 is 0 Å². The standard InChI is InChI=1S/C24H25N3O4/c1-26(24(28)22-9-5-15-31-22)17-23-25-20-7-3-4-8-21(20)27(23)14-6-16-30-19-12-10-18(29-2)11-13-19/h3-5,7-13,15H,6,14,16-17H2,1-2H3. The van der Waals surface area contributed by atoms with Crippen molar-refractivity contribution in [1.82, 2.24) is 14.5 Å². The lowest BCUT2D eigenvalue weighted by Gasteiger charge is -2.17. The first kappa shape index (κ1) is 20.5. The minimum Gasteiger partial charge on any atom is -0.497 e. The van der Waals surface area contributed by atoms with Crippen LogP contribution < -0.4 is 9.47 Å². The summed E-state index contributed by atoms with van der Waals surface area (Å²) in [6.45, 7) is 1.68. The van der Waals surface area contributed by atoms with Gasteiger partial charge in [-0.15, -0.1) is 0 Å². The Morgan fingerprint density at radius 3 is 2.58 bits per heavy atom. The van der Waals surface area contributed by atoms with E-state index < -0.39 is 0 Å². The van der Waals surface area contributed by atoms with Gasteiger partial charge in [-0.1, -0.05) is 12.1 Å². The molecule has 31 heavy (non-hydrogen) atoms. The van der Waals surface area contributed by atoms with Crippen LogP contribution in [0.2, 0.25) is 0 Å². The smallest absolute Gasteiger partial charge is 0.289 e. The van der Waals surface area contributed by atoms with Crippen LogP contribution in [0.4, 0.5) is 0 Å². The Labute approximate surface area is 180 Å². The SMILES string of the molecule is COc1ccc(OCCCn2c(CN(C)C(=O)c3ccco3)nc3ccccc32)cc1. The van der Waals surface area contributed by atoms with Crippen LogP contribution in [0.15, 0.2) is 71.3 Å². The molecule has 2 heterocycles. The molecule has 0 unspecified atom stereocenters. The van der Waals surface area contributed by atoms with Crippen LogP contribution in [0.25, 0.3) is 11.0 Å². The minimum atomic E-state index is -0.175. The highest BCUT2D eigenvalue weighted by Crippen LogP contribution is 2.20. The van der Waals surface area contributed by atoms with Crippen LogP contribution in [0.1, 0.15) is 22.8 Å². The molecule has 4 aromatic rings. The predicted octanol–water partition coefficient (Wildman–Crippen LogP) is 4.38. The number of carbonyl (C=O) groups excluding carboxylic acids is 1. The molecule has 0 aliphatic carbocycles. The summed E-state index contributed by atoms with van der Waals surface area (Å²) >= 11 is 0. The number of aromatic nitrogens is 2. The topological polar surface area (TPSA) is 69.7 Å². The highest BCUT2D eigenvalue weighted by Gasteiger charge is 2.18. The van der Waals surface area contributed by atoms with E-state index in [9.17, 15) is 4.79 Å². The van der Waals surface area contributed by atoms with Crippen LogP contribution in [0.5, 0.6) is 11.5 Å². The molecule has 1 amide bonds. The van der Waals surface area contributed by atoms with E-state index in [1.54, 1.807) is 31.2 Å². The fourth-order valence-corrected chi connectivity index (χ4v) is 3.45. The second kappa shape index (κ2) is 9.38. The van der Waals surface area contributed by atoms with Crippen LogP contribution in [-0.2, 0) is 13.1 Å². The Morgan fingerprint density at radius 1 is 1.06 bits per heavy atom. The third-order valence-corrected chi connectivity index (χ3v) is 5.05. The molecule has 4 rings (SSSR count). The average molecular weight is 419 g/mol. The van der Waals surface area contributed by atoms with Crippen molar-refractivity contribution in [3.05, 3.63) is 78.5 Å². The Morgan fingerprint density at radius 2 is 1.84 bits per heavy atom. The van der Waals surface area contributed by atoms with Gasteiger partial charge in [0, 0.05) is 13.6 Å². The summed E-state index contributed by atoms with van der Waals surface area (Å²) in [5.74, 6) is 2.58.